The van der Waals surface area contributed by atoms with Gasteiger partial charge < -0.3 is 10.4 Å². The highest BCUT2D eigenvalue weighted by Gasteiger charge is 2.43. The Bertz CT molecular complexity index is 427. The van der Waals surface area contributed by atoms with E-state index in [1.165, 1.54) is 0 Å². The molecule has 1 aromatic carbocycles. The summed E-state index contributed by atoms with van der Waals surface area (Å²) in [5.74, 6) is 0.218. The largest absolute Gasteiger partial charge is 0.507 e. The van der Waals surface area contributed by atoms with Crippen LogP contribution in [0.2, 0.25) is 0 Å². The number of aryl methyl sites for hydroxylation is 1. The number of nitrogens with one attached hydrogen (secondary N) is 1. The molecule has 16 heavy (non-hydrogen) atoms. The first-order valence-corrected chi connectivity index (χ1v) is 5.78. The van der Waals surface area contributed by atoms with Crippen molar-refractivity contribution in [1.29, 1.82) is 0 Å². The monoisotopic (exact) mass is 239 g/mol. The average Bonchev–Trinajstić information content (AvgIpc) is 3.02. The van der Waals surface area contributed by atoms with Gasteiger partial charge >= 0.3 is 0 Å². The van der Waals surface area contributed by atoms with E-state index in [4.69, 9.17) is 11.6 Å². The minimum absolute atomic E-state index is 0.0466. The van der Waals surface area contributed by atoms with Crippen LogP contribution in [-0.4, -0.2) is 22.4 Å². The molecule has 4 heteroatoms. The Labute approximate surface area is 99.4 Å². The highest BCUT2D eigenvalue weighted by Crippen LogP contribution is 2.37. The Morgan fingerprint density at radius 2 is 2.25 bits per heavy atom. The van der Waals surface area contributed by atoms with E-state index in [1.54, 1.807) is 25.1 Å². The summed E-state index contributed by atoms with van der Waals surface area (Å²) < 4.78 is 0. The fourth-order valence-corrected chi connectivity index (χ4v) is 1.93. The standard InChI is InChI=1S/C12H14ClNO2/c1-8-3-2-4-9(10(8)15)11(16)14-12(7-13)5-6-12/h2-4,15H,5-7H2,1H3,(H,14,16). The van der Waals surface area contributed by atoms with Gasteiger partial charge in [0.15, 0.2) is 0 Å². The third-order valence-electron chi connectivity index (χ3n) is 2.97. The van der Waals surface area contributed by atoms with Crippen molar-refractivity contribution in [3.05, 3.63) is 29.3 Å². The Morgan fingerprint density at radius 3 is 2.81 bits per heavy atom. The van der Waals surface area contributed by atoms with Crippen molar-refractivity contribution in [2.24, 2.45) is 0 Å². The molecule has 0 spiro atoms. The molecule has 0 aromatic heterocycles. The third kappa shape index (κ3) is 2.00. The van der Waals surface area contributed by atoms with Gasteiger partial charge in [-0.05, 0) is 31.4 Å². The lowest BCUT2D eigenvalue weighted by Crippen LogP contribution is -2.38. The van der Waals surface area contributed by atoms with Crippen molar-refractivity contribution < 1.29 is 9.90 Å². The van der Waals surface area contributed by atoms with E-state index in [1.807, 2.05) is 0 Å². The summed E-state index contributed by atoms with van der Waals surface area (Å²) in [5.41, 5.74) is 0.772. The molecule has 1 amide bonds. The molecule has 1 aliphatic rings. The molecule has 2 N–H and O–H groups in total. The van der Waals surface area contributed by atoms with Gasteiger partial charge in [0.1, 0.15) is 5.75 Å². The molecule has 86 valence electrons. The molecule has 0 radical (unpaired) electrons. The second-order valence-corrected chi connectivity index (χ2v) is 4.61. The first-order chi connectivity index (χ1) is 7.58. The minimum atomic E-state index is -0.251. The highest BCUT2D eigenvalue weighted by molar-refractivity contribution is 6.19. The lowest BCUT2D eigenvalue weighted by atomic mass is 10.1. The Morgan fingerprint density at radius 1 is 1.56 bits per heavy atom. The summed E-state index contributed by atoms with van der Waals surface area (Å²) in [4.78, 5) is 11.9. The molecule has 1 aliphatic carbocycles. The Hall–Kier alpha value is -1.22. The number of rotatable bonds is 3. The van der Waals surface area contributed by atoms with Gasteiger partial charge in [-0.15, -0.1) is 11.6 Å². The number of para-hydroxylation sites is 1. The van der Waals surface area contributed by atoms with E-state index in [0.717, 1.165) is 12.8 Å². The van der Waals surface area contributed by atoms with E-state index < -0.39 is 0 Å². The predicted molar refractivity (Wildman–Crippen MR) is 63.0 cm³/mol. The maximum absolute atomic E-state index is 11.9. The van der Waals surface area contributed by atoms with Crippen LogP contribution >= 0.6 is 11.6 Å². The first kappa shape index (κ1) is 11.3. The van der Waals surface area contributed by atoms with Crippen molar-refractivity contribution in [3.63, 3.8) is 0 Å². The molecular weight excluding hydrogens is 226 g/mol. The lowest BCUT2D eigenvalue weighted by Gasteiger charge is -2.15. The molecule has 0 saturated heterocycles. The summed E-state index contributed by atoms with van der Waals surface area (Å²) in [6.07, 6.45) is 1.82. The smallest absolute Gasteiger partial charge is 0.255 e. The van der Waals surface area contributed by atoms with Crippen molar-refractivity contribution in [1.82, 2.24) is 5.32 Å². The van der Waals surface area contributed by atoms with Crippen LogP contribution in [0.3, 0.4) is 0 Å². The third-order valence-corrected chi connectivity index (χ3v) is 3.48. The topological polar surface area (TPSA) is 49.3 Å². The van der Waals surface area contributed by atoms with Gasteiger partial charge in [0.05, 0.1) is 11.1 Å². The van der Waals surface area contributed by atoms with Crippen molar-refractivity contribution in [2.75, 3.05) is 5.88 Å². The quantitative estimate of drug-likeness (QED) is 0.795. The molecule has 1 aromatic rings. The zero-order chi connectivity index (χ0) is 11.8. The molecule has 0 bridgehead atoms. The number of carbonyl (C=O) groups excluding carboxylic acids is 1. The normalized spacial score (nSPS) is 16.9. The van der Waals surface area contributed by atoms with E-state index >= 15 is 0 Å². The minimum Gasteiger partial charge on any atom is -0.507 e. The van der Waals surface area contributed by atoms with Crippen molar-refractivity contribution in [3.8, 4) is 5.75 Å². The lowest BCUT2D eigenvalue weighted by molar-refractivity contribution is 0.0933. The number of carbonyl (C=O) groups is 1. The number of hydrogen-bond donors (Lipinski definition) is 2. The molecule has 0 heterocycles. The van der Waals surface area contributed by atoms with Crippen molar-refractivity contribution in [2.45, 2.75) is 25.3 Å². The summed E-state index contributed by atoms with van der Waals surface area (Å²) in [6, 6.07) is 5.13. The zero-order valence-corrected chi connectivity index (χ0v) is 9.84. The van der Waals surface area contributed by atoms with Gasteiger partial charge in [-0.3, -0.25) is 4.79 Å². The van der Waals surface area contributed by atoms with Crippen LogP contribution in [-0.2, 0) is 0 Å². The number of benzene rings is 1. The summed E-state index contributed by atoms with van der Waals surface area (Å²) in [5, 5.41) is 12.6. The second-order valence-electron chi connectivity index (χ2n) is 4.34. The predicted octanol–water partition coefficient (Wildman–Crippen LogP) is 2.20. The molecule has 3 nitrogen and oxygen atoms in total. The molecule has 0 aliphatic heterocycles. The molecule has 0 unspecified atom stereocenters. The Kier molecular flexibility index (Phi) is 2.80. The van der Waals surface area contributed by atoms with Crippen LogP contribution in [0.4, 0.5) is 0 Å². The number of halogens is 1. The van der Waals surface area contributed by atoms with Gasteiger partial charge in [0, 0.05) is 5.88 Å². The van der Waals surface area contributed by atoms with Crippen molar-refractivity contribution >= 4 is 17.5 Å². The van der Waals surface area contributed by atoms with Gasteiger partial charge in [-0.25, -0.2) is 0 Å². The molecule has 1 saturated carbocycles. The molecular formula is C12H14ClNO2. The number of aromatic hydroxyl groups is 1. The average molecular weight is 240 g/mol. The van der Waals surface area contributed by atoms with E-state index in [9.17, 15) is 9.90 Å². The number of amides is 1. The molecule has 1 fully saturated rings. The van der Waals surface area contributed by atoms with E-state index in [2.05, 4.69) is 5.32 Å². The number of hydrogen-bond acceptors (Lipinski definition) is 2. The number of phenolic OH excluding ortho intramolecular Hbond substituents is 1. The summed E-state index contributed by atoms with van der Waals surface area (Å²) in [7, 11) is 0. The fourth-order valence-electron chi connectivity index (χ4n) is 1.59. The number of phenols is 1. The summed E-state index contributed by atoms with van der Waals surface area (Å²) >= 11 is 5.78. The van der Waals surface area contributed by atoms with Crippen LogP contribution in [0, 0.1) is 6.92 Å². The summed E-state index contributed by atoms with van der Waals surface area (Å²) in [6.45, 7) is 1.76. The van der Waals surface area contributed by atoms with Gasteiger partial charge in [-0.1, -0.05) is 12.1 Å². The SMILES string of the molecule is Cc1cccc(C(=O)NC2(CCl)CC2)c1O. The second kappa shape index (κ2) is 3.98. The van der Waals surface area contributed by atoms with Crippen LogP contribution < -0.4 is 5.32 Å². The molecule has 0 atom stereocenters. The number of alkyl halides is 1. The van der Waals surface area contributed by atoms with Gasteiger partial charge in [-0.2, -0.15) is 0 Å². The maximum Gasteiger partial charge on any atom is 0.255 e. The maximum atomic E-state index is 11.9. The van der Waals surface area contributed by atoms with Gasteiger partial charge in [0.25, 0.3) is 5.91 Å². The van der Waals surface area contributed by atoms with Gasteiger partial charge in [0.2, 0.25) is 0 Å². The van der Waals surface area contributed by atoms with Crippen LogP contribution in [0.25, 0.3) is 0 Å². The van der Waals surface area contributed by atoms with Crippen LogP contribution in [0.15, 0.2) is 18.2 Å². The van der Waals surface area contributed by atoms with E-state index in [-0.39, 0.29) is 17.2 Å². The van der Waals surface area contributed by atoms with Crippen LogP contribution in [0.1, 0.15) is 28.8 Å². The Balaban J connectivity index is 2.18. The highest BCUT2D eigenvalue weighted by atomic mass is 35.5. The molecule has 2 rings (SSSR count). The fraction of sp³-hybridized carbons (Fsp3) is 0.417. The zero-order valence-electron chi connectivity index (χ0n) is 9.09. The van der Waals surface area contributed by atoms with E-state index in [0.29, 0.717) is 17.0 Å². The van der Waals surface area contributed by atoms with Crippen LogP contribution in [0.5, 0.6) is 5.75 Å². The first-order valence-electron chi connectivity index (χ1n) is 5.25.